The minimum atomic E-state index is -3.33. The van der Waals surface area contributed by atoms with E-state index in [1.165, 1.54) is 24.3 Å². The topological polar surface area (TPSA) is 97.3 Å². The first-order chi connectivity index (χ1) is 13.2. The van der Waals surface area contributed by atoms with Gasteiger partial charge in [0.15, 0.2) is 9.84 Å². The van der Waals surface area contributed by atoms with Crippen LogP contribution in [0, 0.1) is 6.92 Å². The summed E-state index contributed by atoms with van der Waals surface area (Å²) in [5, 5.41) is 1.00. The largest absolute Gasteiger partial charge is 0.334 e. The van der Waals surface area contributed by atoms with Gasteiger partial charge in [-0.05, 0) is 53.2 Å². The van der Waals surface area contributed by atoms with E-state index in [4.69, 9.17) is 0 Å². The maximum atomic E-state index is 12.3. The third-order valence-electron chi connectivity index (χ3n) is 4.32. The quantitative estimate of drug-likeness (QED) is 0.580. The van der Waals surface area contributed by atoms with Gasteiger partial charge in [0, 0.05) is 32.9 Å². The highest BCUT2D eigenvalue weighted by molar-refractivity contribution is 9.10. The molecule has 0 saturated heterocycles. The average molecular weight is 464 g/mol. The summed E-state index contributed by atoms with van der Waals surface area (Å²) in [6, 6.07) is 13.2. The van der Waals surface area contributed by atoms with Gasteiger partial charge in [-0.1, -0.05) is 18.2 Å². The van der Waals surface area contributed by atoms with Crippen LogP contribution in [0.4, 0.5) is 0 Å². The Morgan fingerprint density at radius 2 is 1.68 bits per heavy atom. The Labute approximate surface area is 170 Å². The molecular weight excluding hydrogens is 446 g/mol. The number of hydrogen-bond donors (Lipinski definition) is 2. The lowest BCUT2D eigenvalue weighted by molar-refractivity contribution is -0.122. The van der Waals surface area contributed by atoms with Gasteiger partial charge >= 0.3 is 0 Å². The molecule has 0 fully saturated rings. The van der Waals surface area contributed by atoms with Crippen molar-refractivity contribution < 1.29 is 18.0 Å². The van der Waals surface area contributed by atoms with Crippen LogP contribution in [0.3, 0.4) is 0 Å². The predicted octanol–water partition coefficient (Wildman–Crippen LogP) is 2.58. The van der Waals surface area contributed by atoms with Gasteiger partial charge in [0.05, 0.1) is 4.90 Å². The number of nitrogens with zero attached hydrogens (tertiary/aromatic N) is 1. The summed E-state index contributed by atoms with van der Waals surface area (Å²) in [6.45, 7) is 1.94. The molecule has 1 aromatic heterocycles. The molecule has 0 radical (unpaired) electrons. The van der Waals surface area contributed by atoms with E-state index in [2.05, 4.69) is 26.8 Å². The molecule has 0 saturated carbocycles. The Kier molecular flexibility index (Phi) is 5.57. The summed E-state index contributed by atoms with van der Waals surface area (Å²) >= 11 is 3.54. The third kappa shape index (κ3) is 4.10. The summed E-state index contributed by atoms with van der Waals surface area (Å²) in [5.41, 5.74) is 6.76. The molecule has 28 heavy (non-hydrogen) atoms. The third-order valence-corrected chi connectivity index (χ3v) is 6.45. The first-order valence-corrected chi connectivity index (χ1v) is 11.0. The summed E-state index contributed by atoms with van der Waals surface area (Å²) in [7, 11) is -3.33. The van der Waals surface area contributed by atoms with E-state index in [1.807, 2.05) is 35.8 Å². The number of rotatable bonds is 4. The van der Waals surface area contributed by atoms with Gasteiger partial charge in [-0.15, -0.1) is 0 Å². The maximum Gasteiger partial charge on any atom is 0.269 e. The number of halogens is 1. The van der Waals surface area contributed by atoms with Crippen LogP contribution < -0.4 is 10.9 Å². The number of carbonyl (C=O) groups is 2. The summed E-state index contributed by atoms with van der Waals surface area (Å²) in [4.78, 5) is 24.6. The number of hydrogen-bond acceptors (Lipinski definition) is 4. The smallest absolute Gasteiger partial charge is 0.269 e. The van der Waals surface area contributed by atoms with Crippen molar-refractivity contribution in [3.63, 3.8) is 0 Å². The minimum Gasteiger partial charge on any atom is -0.334 e. The molecule has 2 aromatic carbocycles. The van der Waals surface area contributed by atoms with E-state index < -0.39 is 21.7 Å². The van der Waals surface area contributed by atoms with E-state index >= 15 is 0 Å². The highest BCUT2D eigenvalue weighted by Crippen LogP contribution is 2.30. The molecule has 3 aromatic rings. The summed E-state index contributed by atoms with van der Waals surface area (Å²) in [6.07, 6.45) is 1.09. The van der Waals surface area contributed by atoms with E-state index in [1.54, 1.807) is 0 Å². The van der Waals surface area contributed by atoms with Crippen LogP contribution in [0.1, 0.15) is 16.1 Å². The fourth-order valence-corrected chi connectivity index (χ4v) is 4.01. The molecule has 0 aliphatic heterocycles. The highest BCUT2D eigenvalue weighted by Gasteiger charge is 2.15. The molecule has 2 amide bonds. The van der Waals surface area contributed by atoms with Crippen molar-refractivity contribution in [2.45, 2.75) is 18.4 Å². The Bertz CT molecular complexity index is 1170. The second-order valence-corrected chi connectivity index (χ2v) is 9.11. The molecule has 0 spiro atoms. The molecule has 0 bridgehead atoms. The average Bonchev–Trinajstić information content (AvgIpc) is 2.91. The minimum absolute atomic E-state index is 0.0330. The van der Waals surface area contributed by atoms with Crippen LogP contribution in [-0.2, 0) is 21.2 Å². The van der Waals surface area contributed by atoms with Gasteiger partial charge in [0.2, 0.25) is 0 Å². The van der Waals surface area contributed by atoms with Crippen LogP contribution in [0.25, 0.3) is 10.9 Å². The molecule has 7 nitrogen and oxygen atoms in total. The second kappa shape index (κ2) is 7.76. The number of nitrogens with one attached hydrogen (secondary N) is 2. The van der Waals surface area contributed by atoms with Crippen molar-refractivity contribution >= 4 is 48.5 Å². The van der Waals surface area contributed by atoms with Gasteiger partial charge in [-0.2, -0.15) is 0 Å². The molecule has 0 aliphatic carbocycles. The standard InChI is InChI=1S/C19H18BrN3O4S/c1-12-18(20)15-5-3-4-6-16(15)23(12)11-17(24)21-22-19(25)13-7-9-14(10-8-13)28(2,26)27/h3-10H,11H2,1-2H3,(H,21,24)(H,22,25). The second-order valence-electron chi connectivity index (χ2n) is 6.30. The van der Waals surface area contributed by atoms with Crippen LogP contribution in [0.5, 0.6) is 0 Å². The monoisotopic (exact) mass is 463 g/mol. The number of para-hydroxylation sites is 1. The van der Waals surface area contributed by atoms with Crippen LogP contribution in [0.15, 0.2) is 57.9 Å². The highest BCUT2D eigenvalue weighted by atomic mass is 79.9. The van der Waals surface area contributed by atoms with E-state index in [0.29, 0.717) is 0 Å². The first kappa shape index (κ1) is 20.1. The van der Waals surface area contributed by atoms with Gasteiger partial charge in [0.1, 0.15) is 6.54 Å². The Morgan fingerprint density at radius 1 is 1.04 bits per heavy atom. The molecule has 0 unspecified atom stereocenters. The number of fused-ring (bicyclic) bond motifs is 1. The Morgan fingerprint density at radius 3 is 2.32 bits per heavy atom. The SMILES string of the molecule is Cc1c(Br)c2ccccc2n1CC(=O)NNC(=O)c1ccc(S(C)(=O)=O)cc1. The lowest BCUT2D eigenvalue weighted by atomic mass is 10.2. The number of benzene rings is 2. The molecule has 0 atom stereocenters. The number of aromatic nitrogens is 1. The predicted molar refractivity (Wildman–Crippen MR) is 110 cm³/mol. The van der Waals surface area contributed by atoms with Crippen molar-refractivity contribution in [3.05, 3.63) is 64.3 Å². The number of carbonyl (C=O) groups excluding carboxylic acids is 2. The van der Waals surface area contributed by atoms with Crippen molar-refractivity contribution in [2.24, 2.45) is 0 Å². The fourth-order valence-electron chi connectivity index (χ4n) is 2.83. The van der Waals surface area contributed by atoms with Gasteiger partial charge < -0.3 is 4.57 Å². The summed E-state index contributed by atoms with van der Waals surface area (Å²) in [5.74, 6) is -0.930. The van der Waals surface area contributed by atoms with Gasteiger partial charge in [-0.3, -0.25) is 20.4 Å². The lowest BCUT2D eigenvalue weighted by Crippen LogP contribution is -2.43. The molecule has 9 heteroatoms. The van der Waals surface area contributed by atoms with Gasteiger partial charge in [0.25, 0.3) is 11.8 Å². The van der Waals surface area contributed by atoms with Gasteiger partial charge in [-0.25, -0.2) is 8.42 Å². The van der Waals surface area contributed by atoms with Crippen LogP contribution in [-0.4, -0.2) is 31.1 Å². The first-order valence-electron chi connectivity index (χ1n) is 8.31. The number of hydrazine groups is 1. The Hall–Kier alpha value is -2.65. The number of amides is 2. The molecule has 2 N–H and O–H groups in total. The Balaban J connectivity index is 1.66. The zero-order valence-electron chi connectivity index (χ0n) is 15.2. The molecule has 3 rings (SSSR count). The van der Waals surface area contributed by atoms with Crippen molar-refractivity contribution in [3.8, 4) is 0 Å². The van der Waals surface area contributed by atoms with E-state index in [0.717, 1.165) is 27.3 Å². The lowest BCUT2D eigenvalue weighted by Gasteiger charge is -2.10. The molecule has 146 valence electrons. The maximum absolute atomic E-state index is 12.3. The fraction of sp³-hybridized carbons (Fsp3) is 0.158. The van der Waals surface area contributed by atoms with E-state index in [9.17, 15) is 18.0 Å². The van der Waals surface area contributed by atoms with Crippen molar-refractivity contribution in [2.75, 3.05) is 6.26 Å². The van der Waals surface area contributed by atoms with Crippen LogP contribution >= 0.6 is 15.9 Å². The molecular formula is C19H18BrN3O4S. The van der Waals surface area contributed by atoms with Crippen molar-refractivity contribution in [1.29, 1.82) is 0 Å². The van der Waals surface area contributed by atoms with Crippen LogP contribution in [0.2, 0.25) is 0 Å². The van der Waals surface area contributed by atoms with E-state index in [-0.39, 0.29) is 17.0 Å². The summed E-state index contributed by atoms with van der Waals surface area (Å²) < 4.78 is 25.7. The molecule has 1 heterocycles. The molecule has 0 aliphatic rings. The number of sulfone groups is 1. The van der Waals surface area contributed by atoms with Crippen molar-refractivity contribution in [1.82, 2.24) is 15.4 Å². The normalized spacial score (nSPS) is 11.4. The zero-order valence-corrected chi connectivity index (χ0v) is 17.6. The zero-order chi connectivity index (χ0) is 20.5.